The third-order valence-electron chi connectivity index (χ3n) is 4.73. The summed E-state index contributed by atoms with van der Waals surface area (Å²) in [5.74, 6) is 1.31. The highest BCUT2D eigenvalue weighted by molar-refractivity contribution is 6.02. The summed E-state index contributed by atoms with van der Waals surface area (Å²) in [6.07, 6.45) is 0. The summed E-state index contributed by atoms with van der Waals surface area (Å²) in [6, 6.07) is 13.1. The molecule has 0 spiro atoms. The number of nitrogens with one attached hydrogen (secondary N) is 2. The van der Waals surface area contributed by atoms with E-state index in [0.717, 1.165) is 11.3 Å². The molecular formula is C21H21N7O3. The molecule has 0 fully saturated rings. The molecule has 2 aromatic heterocycles. The molecule has 0 bridgehead atoms. The zero-order chi connectivity index (χ0) is 22.0. The molecule has 0 atom stereocenters. The predicted octanol–water partition coefficient (Wildman–Crippen LogP) is 2.94. The Morgan fingerprint density at radius 1 is 1.10 bits per heavy atom. The number of rotatable bonds is 6. The minimum absolute atomic E-state index is 0.113. The van der Waals surface area contributed by atoms with Gasteiger partial charge in [-0.1, -0.05) is 17.3 Å². The summed E-state index contributed by atoms with van der Waals surface area (Å²) in [5.41, 5.74) is 3.39. The maximum absolute atomic E-state index is 12.7. The van der Waals surface area contributed by atoms with Crippen LogP contribution in [0.25, 0.3) is 17.1 Å². The quantitative estimate of drug-likeness (QED) is 0.493. The van der Waals surface area contributed by atoms with Crippen molar-refractivity contribution < 1.29 is 14.3 Å². The van der Waals surface area contributed by atoms with E-state index in [2.05, 4.69) is 30.8 Å². The molecule has 4 rings (SSSR count). The molecule has 10 heteroatoms. The third-order valence-corrected chi connectivity index (χ3v) is 4.73. The lowest BCUT2D eigenvalue weighted by Gasteiger charge is -2.07. The van der Waals surface area contributed by atoms with Gasteiger partial charge in [0.2, 0.25) is 5.95 Å². The van der Waals surface area contributed by atoms with Crippen molar-refractivity contribution in [3.8, 4) is 28.6 Å². The fraction of sp³-hybridized carbons (Fsp3) is 0.190. The SMILES string of the molecule is COc1ccc(-c2nc(NC(=O)c3nnn(-c4cccc(C)c4)c3C)n[nH]2)c(OC)c1. The van der Waals surface area contributed by atoms with Crippen LogP contribution in [0.2, 0.25) is 0 Å². The van der Waals surface area contributed by atoms with E-state index in [9.17, 15) is 4.79 Å². The van der Waals surface area contributed by atoms with Gasteiger partial charge in [-0.05, 0) is 43.7 Å². The van der Waals surface area contributed by atoms with E-state index < -0.39 is 5.91 Å². The molecule has 0 aliphatic rings. The van der Waals surface area contributed by atoms with Crippen molar-refractivity contribution in [1.29, 1.82) is 0 Å². The molecule has 31 heavy (non-hydrogen) atoms. The zero-order valence-corrected chi connectivity index (χ0v) is 17.5. The van der Waals surface area contributed by atoms with Crippen molar-refractivity contribution in [3.05, 3.63) is 59.4 Å². The first-order valence-electron chi connectivity index (χ1n) is 9.45. The van der Waals surface area contributed by atoms with Gasteiger partial charge in [0.1, 0.15) is 11.5 Å². The first-order chi connectivity index (χ1) is 15.0. The van der Waals surface area contributed by atoms with Crippen LogP contribution in [-0.2, 0) is 0 Å². The van der Waals surface area contributed by atoms with E-state index in [1.165, 1.54) is 0 Å². The highest BCUT2D eigenvalue weighted by atomic mass is 16.5. The molecule has 2 N–H and O–H groups in total. The van der Waals surface area contributed by atoms with Crippen molar-refractivity contribution in [2.24, 2.45) is 0 Å². The Hall–Kier alpha value is -4.21. The Balaban J connectivity index is 1.55. The number of benzene rings is 2. The van der Waals surface area contributed by atoms with Gasteiger partial charge < -0.3 is 9.47 Å². The number of hydrogen-bond donors (Lipinski definition) is 2. The van der Waals surface area contributed by atoms with Crippen molar-refractivity contribution in [3.63, 3.8) is 0 Å². The average molecular weight is 419 g/mol. The van der Waals surface area contributed by atoms with Gasteiger partial charge in [-0.25, -0.2) is 4.68 Å². The second kappa shape index (κ2) is 8.27. The molecule has 0 aliphatic carbocycles. The lowest BCUT2D eigenvalue weighted by molar-refractivity contribution is 0.102. The number of aryl methyl sites for hydroxylation is 1. The topological polar surface area (TPSA) is 120 Å². The molecular weight excluding hydrogens is 398 g/mol. The highest BCUT2D eigenvalue weighted by Crippen LogP contribution is 2.31. The number of amides is 1. The number of H-pyrrole nitrogens is 1. The molecule has 0 radical (unpaired) electrons. The Labute approximate surface area is 178 Å². The molecule has 0 saturated carbocycles. The number of nitrogens with zero attached hydrogens (tertiary/aromatic N) is 5. The van der Waals surface area contributed by atoms with Gasteiger partial charge in [0.05, 0.1) is 31.2 Å². The van der Waals surface area contributed by atoms with Gasteiger partial charge in [-0.15, -0.1) is 10.2 Å². The third kappa shape index (κ3) is 3.95. The highest BCUT2D eigenvalue weighted by Gasteiger charge is 2.20. The van der Waals surface area contributed by atoms with Gasteiger partial charge in [-0.2, -0.15) is 4.98 Å². The van der Waals surface area contributed by atoms with Crippen molar-refractivity contribution in [2.45, 2.75) is 13.8 Å². The molecule has 0 aliphatic heterocycles. The number of ether oxygens (including phenoxy) is 2. The van der Waals surface area contributed by atoms with Crippen LogP contribution in [0, 0.1) is 13.8 Å². The van der Waals surface area contributed by atoms with E-state index in [0.29, 0.717) is 28.6 Å². The second-order valence-corrected chi connectivity index (χ2v) is 6.80. The van der Waals surface area contributed by atoms with Crippen LogP contribution < -0.4 is 14.8 Å². The summed E-state index contributed by atoms with van der Waals surface area (Å²) in [5, 5.41) is 17.7. The molecule has 2 aromatic carbocycles. The van der Waals surface area contributed by atoms with Crippen LogP contribution in [-0.4, -0.2) is 50.3 Å². The zero-order valence-electron chi connectivity index (χ0n) is 17.5. The largest absolute Gasteiger partial charge is 0.497 e. The Kier molecular flexibility index (Phi) is 5.35. The number of anilines is 1. The average Bonchev–Trinajstić information content (AvgIpc) is 3.39. The molecule has 10 nitrogen and oxygen atoms in total. The molecule has 4 aromatic rings. The van der Waals surface area contributed by atoms with Gasteiger partial charge >= 0.3 is 0 Å². The Morgan fingerprint density at radius 3 is 2.68 bits per heavy atom. The van der Waals surface area contributed by atoms with Crippen LogP contribution in [0.1, 0.15) is 21.7 Å². The van der Waals surface area contributed by atoms with E-state index in [4.69, 9.17) is 9.47 Å². The standard InChI is InChI=1S/C21H21N7O3/c1-12-6-5-7-14(10-12)28-13(2)18(24-27-28)20(29)23-21-22-19(25-26-21)16-9-8-15(30-3)11-17(16)31-4/h5-11H,1-4H3,(H2,22,23,25,26,29). The van der Waals surface area contributed by atoms with E-state index in [-0.39, 0.29) is 11.6 Å². The molecule has 158 valence electrons. The van der Waals surface area contributed by atoms with Crippen molar-refractivity contribution >= 4 is 11.9 Å². The van der Waals surface area contributed by atoms with E-state index in [1.807, 2.05) is 31.2 Å². The lowest BCUT2D eigenvalue weighted by Crippen LogP contribution is -2.15. The first kappa shape index (κ1) is 20.1. The maximum Gasteiger partial charge on any atom is 0.280 e. The van der Waals surface area contributed by atoms with Crippen LogP contribution >= 0.6 is 0 Å². The second-order valence-electron chi connectivity index (χ2n) is 6.80. The van der Waals surface area contributed by atoms with Gasteiger partial charge in [0, 0.05) is 6.07 Å². The van der Waals surface area contributed by atoms with Crippen molar-refractivity contribution in [1.82, 2.24) is 30.2 Å². The first-order valence-corrected chi connectivity index (χ1v) is 9.45. The van der Waals surface area contributed by atoms with E-state index >= 15 is 0 Å². The molecule has 0 unspecified atom stereocenters. The molecule has 1 amide bonds. The minimum Gasteiger partial charge on any atom is -0.497 e. The maximum atomic E-state index is 12.7. The van der Waals surface area contributed by atoms with Crippen LogP contribution in [0.5, 0.6) is 11.5 Å². The number of aromatic nitrogens is 6. The number of hydrogen-bond acceptors (Lipinski definition) is 7. The fourth-order valence-electron chi connectivity index (χ4n) is 3.14. The van der Waals surface area contributed by atoms with Gasteiger partial charge in [-0.3, -0.25) is 15.2 Å². The summed E-state index contributed by atoms with van der Waals surface area (Å²) < 4.78 is 12.2. The smallest absolute Gasteiger partial charge is 0.280 e. The van der Waals surface area contributed by atoms with E-state index in [1.54, 1.807) is 44.0 Å². The van der Waals surface area contributed by atoms with Gasteiger partial charge in [0.25, 0.3) is 5.91 Å². The number of carbonyl (C=O) groups is 1. The summed E-state index contributed by atoms with van der Waals surface area (Å²) >= 11 is 0. The number of carbonyl (C=O) groups excluding carboxylic acids is 1. The fourth-order valence-corrected chi connectivity index (χ4v) is 3.14. The van der Waals surface area contributed by atoms with Crippen LogP contribution in [0.4, 0.5) is 5.95 Å². The molecule has 0 saturated heterocycles. The summed E-state index contributed by atoms with van der Waals surface area (Å²) in [7, 11) is 3.13. The summed E-state index contributed by atoms with van der Waals surface area (Å²) in [6.45, 7) is 3.77. The van der Waals surface area contributed by atoms with Gasteiger partial charge in [0.15, 0.2) is 11.5 Å². The minimum atomic E-state index is -0.455. The monoisotopic (exact) mass is 419 g/mol. The lowest BCUT2D eigenvalue weighted by atomic mass is 10.2. The predicted molar refractivity (Wildman–Crippen MR) is 114 cm³/mol. The van der Waals surface area contributed by atoms with Crippen LogP contribution in [0.3, 0.4) is 0 Å². The molecule has 2 heterocycles. The Bertz CT molecular complexity index is 1250. The van der Waals surface area contributed by atoms with Crippen molar-refractivity contribution in [2.75, 3.05) is 19.5 Å². The number of methoxy groups -OCH3 is 2. The number of aromatic amines is 1. The Morgan fingerprint density at radius 2 is 1.94 bits per heavy atom. The van der Waals surface area contributed by atoms with Crippen LogP contribution in [0.15, 0.2) is 42.5 Å². The normalized spacial score (nSPS) is 10.7. The summed E-state index contributed by atoms with van der Waals surface area (Å²) in [4.78, 5) is 17.1.